The number of benzene rings is 2. The number of rotatable bonds is 7. The number of aryl methyl sites for hydroxylation is 3. The van der Waals surface area contributed by atoms with Gasteiger partial charge < -0.3 is 10.6 Å². The molecule has 1 aromatic heterocycles. The van der Waals surface area contributed by atoms with Gasteiger partial charge in [0.25, 0.3) is 5.91 Å². The number of anilines is 2. The number of nitrogens with zero attached hydrogens (tertiary/aromatic N) is 3. The van der Waals surface area contributed by atoms with Gasteiger partial charge in [0, 0.05) is 41.7 Å². The molecule has 1 heterocycles. The Morgan fingerprint density at radius 2 is 1.71 bits per heavy atom. The van der Waals surface area contributed by atoms with Crippen molar-refractivity contribution in [1.82, 2.24) is 15.1 Å². The topological polar surface area (TPSA) is 100 Å². The monoisotopic (exact) mass is 460 g/mol. The molecule has 0 saturated carbocycles. The van der Waals surface area contributed by atoms with E-state index in [1.165, 1.54) is 6.92 Å². The number of para-hydroxylation sites is 1. The Morgan fingerprint density at radius 1 is 1.00 bits per heavy atom. The Balaban J connectivity index is 1.86. The molecule has 2 amide bonds. The summed E-state index contributed by atoms with van der Waals surface area (Å²) in [5.74, 6) is -0.102. The molecule has 0 fully saturated rings. The number of guanidine groups is 1. The molecule has 3 rings (SSSR count). The van der Waals surface area contributed by atoms with E-state index in [0.29, 0.717) is 23.8 Å². The van der Waals surface area contributed by atoms with E-state index in [0.717, 1.165) is 41.2 Å². The summed E-state index contributed by atoms with van der Waals surface area (Å²) in [6, 6.07) is 14.7. The Kier molecular flexibility index (Phi) is 8.19. The predicted octanol–water partition coefficient (Wildman–Crippen LogP) is 4.44. The molecule has 8 heteroatoms. The van der Waals surface area contributed by atoms with E-state index < -0.39 is 0 Å². The second-order valence-electron chi connectivity index (χ2n) is 7.98. The van der Waals surface area contributed by atoms with Crippen molar-refractivity contribution in [3.8, 4) is 0 Å². The number of carbonyl (C=O) groups is 2. The van der Waals surface area contributed by atoms with Crippen molar-refractivity contribution in [1.29, 1.82) is 0 Å². The Bertz CT molecular complexity index is 1190. The Hall–Kier alpha value is -3.94. The van der Waals surface area contributed by atoms with Crippen molar-refractivity contribution in [3.63, 3.8) is 0 Å². The molecule has 0 spiro atoms. The summed E-state index contributed by atoms with van der Waals surface area (Å²) in [6.07, 6.45) is 0.844. The van der Waals surface area contributed by atoms with Crippen molar-refractivity contribution in [3.05, 3.63) is 76.6 Å². The first-order valence-electron chi connectivity index (χ1n) is 11.4. The molecule has 0 unspecified atom stereocenters. The van der Waals surface area contributed by atoms with E-state index in [1.807, 2.05) is 42.8 Å². The highest BCUT2D eigenvalue weighted by Crippen LogP contribution is 2.17. The lowest BCUT2D eigenvalue weighted by Crippen LogP contribution is -2.36. The molecular formula is C26H32N6O2. The number of amides is 2. The fourth-order valence-electron chi connectivity index (χ4n) is 3.71. The van der Waals surface area contributed by atoms with Crippen molar-refractivity contribution in [2.24, 2.45) is 4.99 Å². The summed E-state index contributed by atoms with van der Waals surface area (Å²) in [4.78, 5) is 29.0. The number of carbonyl (C=O) groups excluding carboxylic acids is 2. The third kappa shape index (κ3) is 6.10. The maximum atomic E-state index is 13.0. The molecule has 0 atom stereocenters. The largest absolute Gasteiger partial charge is 0.326 e. The average molecular weight is 461 g/mol. The normalized spacial score (nSPS) is 11.3. The minimum Gasteiger partial charge on any atom is -0.326 e. The van der Waals surface area contributed by atoms with Gasteiger partial charge >= 0.3 is 0 Å². The first kappa shape index (κ1) is 24.7. The molecular weight excluding hydrogens is 428 g/mol. The van der Waals surface area contributed by atoms with E-state index in [9.17, 15) is 9.59 Å². The minimum absolute atomic E-state index is 0.164. The minimum atomic E-state index is -0.299. The highest BCUT2D eigenvalue weighted by Gasteiger charge is 2.14. The van der Waals surface area contributed by atoms with Crippen LogP contribution in [0.3, 0.4) is 0 Å². The zero-order valence-corrected chi connectivity index (χ0v) is 20.4. The van der Waals surface area contributed by atoms with Crippen LogP contribution in [0.2, 0.25) is 0 Å². The molecule has 0 saturated heterocycles. The lowest BCUT2D eigenvalue weighted by Gasteiger charge is -2.15. The van der Waals surface area contributed by atoms with Crippen molar-refractivity contribution < 1.29 is 9.59 Å². The third-order valence-electron chi connectivity index (χ3n) is 5.58. The predicted molar refractivity (Wildman–Crippen MR) is 136 cm³/mol. The van der Waals surface area contributed by atoms with Crippen LogP contribution in [0.15, 0.2) is 53.5 Å². The molecule has 0 radical (unpaired) electrons. The molecule has 34 heavy (non-hydrogen) atoms. The highest BCUT2D eigenvalue weighted by atomic mass is 16.2. The summed E-state index contributed by atoms with van der Waals surface area (Å²) >= 11 is 0. The molecule has 0 bridgehead atoms. The van der Waals surface area contributed by atoms with Crippen molar-refractivity contribution >= 4 is 29.1 Å². The lowest BCUT2D eigenvalue weighted by atomic mass is 10.1. The maximum Gasteiger partial charge on any atom is 0.257 e. The van der Waals surface area contributed by atoms with Gasteiger partial charge in [-0.3, -0.25) is 19.6 Å². The van der Waals surface area contributed by atoms with E-state index in [2.05, 4.69) is 34.9 Å². The highest BCUT2D eigenvalue weighted by molar-refractivity contribution is 6.10. The van der Waals surface area contributed by atoms with E-state index >= 15 is 0 Å². The maximum absolute atomic E-state index is 13.0. The first-order chi connectivity index (χ1) is 16.3. The molecule has 178 valence electrons. The molecule has 3 aromatic rings. The van der Waals surface area contributed by atoms with Crippen LogP contribution in [0.4, 0.5) is 11.4 Å². The second-order valence-corrected chi connectivity index (χ2v) is 7.98. The smallest absolute Gasteiger partial charge is 0.257 e. The van der Waals surface area contributed by atoms with Crippen molar-refractivity contribution in [2.45, 2.75) is 54.1 Å². The van der Waals surface area contributed by atoms with Crippen LogP contribution in [-0.2, 0) is 24.3 Å². The van der Waals surface area contributed by atoms with Gasteiger partial charge in [0.2, 0.25) is 11.9 Å². The van der Waals surface area contributed by atoms with Crippen LogP contribution < -0.4 is 16.0 Å². The summed E-state index contributed by atoms with van der Waals surface area (Å²) in [6.45, 7) is 10.8. The Labute approximate surface area is 200 Å². The van der Waals surface area contributed by atoms with Gasteiger partial charge in [0.15, 0.2) is 0 Å². The quantitative estimate of drug-likeness (QED) is 0.358. The van der Waals surface area contributed by atoms with Crippen LogP contribution in [-0.4, -0.2) is 27.6 Å². The SMILES string of the molecule is CCc1ccccc1NC(=NCc1c(C)nn(CC)c1C)NC(=O)c1ccc(NC(C)=O)cc1. The number of nitrogens with one attached hydrogen (secondary N) is 3. The second kappa shape index (κ2) is 11.3. The van der Waals surface area contributed by atoms with Crippen LogP contribution in [0, 0.1) is 13.8 Å². The van der Waals surface area contributed by atoms with E-state index in [1.54, 1.807) is 24.3 Å². The van der Waals surface area contributed by atoms with Gasteiger partial charge in [-0.1, -0.05) is 25.1 Å². The van der Waals surface area contributed by atoms with Gasteiger partial charge in [0.1, 0.15) is 0 Å². The summed E-state index contributed by atoms with van der Waals surface area (Å²) < 4.78 is 1.95. The average Bonchev–Trinajstić information content (AvgIpc) is 3.10. The van der Waals surface area contributed by atoms with Gasteiger partial charge in [-0.05, 0) is 63.1 Å². The van der Waals surface area contributed by atoms with Crippen LogP contribution >= 0.6 is 0 Å². The fraction of sp³-hybridized carbons (Fsp3) is 0.308. The summed E-state index contributed by atoms with van der Waals surface area (Å²) in [5.41, 5.74) is 6.13. The molecule has 8 nitrogen and oxygen atoms in total. The van der Waals surface area contributed by atoms with Gasteiger partial charge in [-0.15, -0.1) is 0 Å². The molecule has 2 aromatic carbocycles. The van der Waals surface area contributed by atoms with Crippen LogP contribution in [0.5, 0.6) is 0 Å². The summed E-state index contributed by atoms with van der Waals surface area (Å²) in [5, 5.41) is 13.5. The molecule has 0 aliphatic carbocycles. The number of hydrogen-bond acceptors (Lipinski definition) is 4. The number of hydrogen-bond donors (Lipinski definition) is 3. The zero-order chi connectivity index (χ0) is 24.7. The lowest BCUT2D eigenvalue weighted by molar-refractivity contribution is -0.114. The number of aliphatic imine (C=N–C) groups is 1. The standard InChI is InChI=1S/C26H32N6O2/c1-6-20-10-8-9-11-24(20)29-26(27-16-23-17(3)31-32(7-2)18(23)4)30-25(34)21-12-14-22(15-13-21)28-19(5)33/h8-15H,6-7,16H2,1-5H3,(H,28,33)(H2,27,29,30,34). The van der Waals surface area contributed by atoms with E-state index in [-0.39, 0.29) is 11.8 Å². The third-order valence-corrected chi connectivity index (χ3v) is 5.58. The fourth-order valence-corrected chi connectivity index (χ4v) is 3.71. The van der Waals surface area contributed by atoms with E-state index in [4.69, 9.17) is 4.99 Å². The van der Waals surface area contributed by atoms with Gasteiger partial charge in [-0.2, -0.15) is 5.10 Å². The zero-order valence-electron chi connectivity index (χ0n) is 20.4. The van der Waals surface area contributed by atoms with Crippen LogP contribution in [0.1, 0.15) is 53.6 Å². The molecule has 0 aliphatic rings. The van der Waals surface area contributed by atoms with Gasteiger partial charge in [0.05, 0.1) is 12.2 Å². The number of aromatic nitrogens is 2. The molecule has 0 aliphatic heterocycles. The molecule has 3 N–H and O–H groups in total. The van der Waals surface area contributed by atoms with Crippen molar-refractivity contribution in [2.75, 3.05) is 10.6 Å². The Morgan fingerprint density at radius 3 is 2.32 bits per heavy atom. The van der Waals surface area contributed by atoms with Crippen LogP contribution in [0.25, 0.3) is 0 Å². The first-order valence-corrected chi connectivity index (χ1v) is 11.4. The van der Waals surface area contributed by atoms with Gasteiger partial charge in [-0.25, -0.2) is 4.99 Å². The summed E-state index contributed by atoms with van der Waals surface area (Å²) in [7, 11) is 0.